The predicted octanol–water partition coefficient (Wildman–Crippen LogP) is 0.777. The van der Waals surface area contributed by atoms with E-state index in [9.17, 15) is 9.00 Å². The SMILES string of the molecule is CCCCCNC(=O)C(C)S(=O)CC(C)N. The Morgan fingerprint density at radius 3 is 2.50 bits per heavy atom. The van der Waals surface area contributed by atoms with Gasteiger partial charge in [-0.2, -0.15) is 0 Å². The minimum atomic E-state index is -1.17. The number of rotatable bonds is 8. The minimum absolute atomic E-state index is 0.129. The molecule has 0 aromatic carbocycles. The van der Waals surface area contributed by atoms with E-state index < -0.39 is 16.0 Å². The first kappa shape index (κ1) is 15.6. The van der Waals surface area contributed by atoms with Crippen LogP contribution >= 0.6 is 0 Å². The van der Waals surface area contributed by atoms with Crippen LogP contribution in [0.3, 0.4) is 0 Å². The maximum Gasteiger partial charge on any atom is 0.235 e. The van der Waals surface area contributed by atoms with Gasteiger partial charge in [0.15, 0.2) is 0 Å². The number of nitrogens with one attached hydrogen (secondary N) is 1. The number of hydrogen-bond donors (Lipinski definition) is 2. The summed E-state index contributed by atoms with van der Waals surface area (Å²) in [7, 11) is -1.17. The van der Waals surface area contributed by atoms with Gasteiger partial charge in [0.2, 0.25) is 5.91 Å². The van der Waals surface area contributed by atoms with E-state index in [0.717, 1.165) is 19.3 Å². The molecule has 1 amide bonds. The van der Waals surface area contributed by atoms with Crippen LogP contribution in [0.2, 0.25) is 0 Å². The molecule has 96 valence electrons. The average Bonchev–Trinajstić information content (AvgIpc) is 2.22. The van der Waals surface area contributed by atoms with Crippen LogP contribution < -0.4 is 11.1 Å². The Balaban J connectivity index is 3.84. The Bertz CT molecular complexity index is 232. The molecule has 0 aromatic heterocycles. The van der Waals surface area contributed by atoms with Crippen LogP contribution in [0.5, 0.6) is 0 Å². The van der Waals surface area contributed by atoms with Crippen molar-refractivity contribution in [1.82, 2.24) is 5.32 Å². The fraction of sp³-hybridized carbons (Fsp3) is 0.909. The molecule has 5 heteroatoms. The smallest absolute Gasteiger partial charge is 0.235 e. The van der Waals surface area contributed by atoms with Gasteiger partial charge in [-0.05, 0) is 20.3 Å². The zero-order valence-electron chi connectivity index (χ0n) is 10.5. The molecule has 0 saturated heterocycles. The molecule has 0 spiro atoms. The molecule has 0 aliphatic heterocycles. The number of unbranched alkanes of at least 4 members (excludes halogenated alkanes) is 2. The van der Waals surface area contributed by atoms with Crippen molar-refractivity contribution in [3.05, 3.63) is 0 Å². The Morgan fingerprint density at radius 2 is 2.00 bits per heavy atom. The van der Waals surface area contributed by atoms with Gasteiger partial charge < -0.3 is 11.1 Å². The maximum atomic E-state index is 11.7. The van der Waals surface area contributed by atoms with Crippen molar-refractivity contribution in [1.29, 1.82) is 0 Å². The highest BCUT2D eigenvalue weighted by Gasteiger charge is 2.19. The summed E-state index contributed by atoms with van der Waals surface area (Å²) in [5, 5.41) is 2.33. The van der Waals surface area contributed by atoms with Gasteiger partial charge in [0, 0.05) is 29.1 Å². The van der Waals surface area contributed by atoms with E-state index in [4.69, 9.17) is 5.73 Å². The van der Waals surface area contributed by atoms with E-state index in [1.165, 1.54) is 0 Å². The van der Waals surface area contributed by atoms with E-state index in [1.54, 1.807) is 13.8 Å². The third-order valence-corrected chi connectivity index (χ3v) is 4.13. The summed E-state index contributed by atoms with van der Waals surface area (Å²) < 4.78 is 11.7. The van der Waals surface area contributed by atoms with Gasteiger partial charge in [-0.15, -0.1) is 0 Å². The normalized spacial score (nSPS) is 16.5. The molecular weight excluding hydrogens is 224 g/mol. The molecule has 0 bridgehead atoms. The highest BCUT2D eigenvalue weighted by molar-refractivity contribution is 7.86. The van der Waals surface area contributed by atoms with Crippen molar-refractivity contribution in [2.24, 2.45) is 5.73 Å². The molecular formula is C11H24N2O2S. The summed E-state index contributed by atoms with van der Waals surface area (Å²) in [6.45, 7) is 6.27. The molecule has 0 aliphatic rings. The third-order valence-electron chi connectivity index (χ3n) is 2.27. The lowest BCUT2D eigenvalue weighted by molar-refractivity contribution is -0.120. The zero-order valence-corrected chi connectivity index (χ0v) is 11.3. The molecule has 0 rings (SSSR count). The Hall–Kier alpha value is -0.420. The van der Waals surface area contributed by atoms with Gasteiger partial charge in [-0.3, -0.25) is 9.00 Å². The van der Waals surface area contributed by atoms with Crippen molar-refractivity contribution in [3.8, 4) is 0 Å². The fourth-order valence-electron chi connectivity index (χ4n) is 1.25. The van der Waals surface area contributed by atoms with Gasteiger partial charge in [0.25, 0.3) is 0 Å². The van der Waals surface area contributed by atoms with Crippen LogP contribution in [0.1, 0.15) is 40.0 Å². The van der Waals surface area contributed by atoms with Crippen LogP contribution in [-0.2, 0) is 15.6 Å². The summed E-state index contributed by atoms with van der Waals surface area (Å²) in [6, 6.07) is -0.129. The summed E-state index contributed by atoms with van der Waals surface area (Å²) in [5.74, 6) is 0.249. The van der Waals surface area contributed by atoms with Crippen molar-refractivity contribution < 1.29 is 9.00 Å². The largest absolute Gasteiger partial charge is 0.355 e. The van der Waals surface area contributed by atoms with E-state index in [2.05, 4.69) is 12.2 Å². The molecule has 0 fully saturated rings. The minimum Gasteiger partial charge on any atom is -0.355 e. The molecule has 0 aliphatic carbocycles. The highest BCUT2D eigenvalue weighted by atomic mass is 32.2. The first-order chi connectivity index (χ1) is 7.49. The number of nitrogens with two attached hydrogens (primary N) is 1. The van der Waals surface area contributed by atoms with E-state index in [1.807, 2.05) is 0 Å². The monoisotopic (exact) mass is 248 g/mol. The molecule has 0 radical (unpaired) electrons. The second kappa shape index (κ2) is 8.70. The van der Waals surface area contributed by atoms with Gasteiger partial charge in [0.1, 0.15) is 5.25 Å². The zero-order chi connectivity index (χ0) is 12.6. The lowest BCUT2D eigenvalue weighted by Gasteiger charge is -2.13. The number of hydrogen-bond acceptors (Lipinski definition) is 3. The van der Waals surface area contributed by atoms with Crippen molar-refractivity contribution >= 4 is 16.7 Å². The molecule has 16 heavy (non-hydrogen) atoms. The lowest BCUT2D eigenvalue weighted by atomic mass is 10.2. The number of carbonyl (C=O) groups is 1. The van der Waals surface area contributed by atoms with Gasteiger partial charge >= 0.3 is 0 Å². The van der Waals surface area contributed by atoms with Crippen LogP contribution in [0.15, 0.2) is 0 Å². The van der Waals surface area contributed by atoms with Crippen LogP contribution in [-0.4, -0.2) is 33.7 Å². The topological polar surface area (TPSA) is 72.2 Å². The summed E-state index contributed by atoms with van der Waals surface area (Å²) in [5.41, 5.74) is 5.55. The van der Waals surface area contributed by atoms with E-state index in [0.29, 0.717) is 12.3 Å². The summed E-state index contributed by atoms with van der Waals surface area (Å²) >= 11 is 0. The number of amides is 1. The first-order valence-electron chi connectivity index (χ1n) is 5.89. The van der Waals surface area contributed by atoms with E-state index in [-0.39, 0.29) is 11.9 Å². The Morgan fingerprint density at radius 1 is 1.38 bits per heavy atom. The second-order valence-corrected chi connectivity index (χ2v) is 5.97. The summed E-state index contributed by atoms with van der Waals surface area (Å²) in [4.78, 5) is 11.6. The quantitative estimate of drug-likeness (QED) is 0.623. The Labute approximate surface area is 101 Å². The van der Waals surface area contributed by atoms with Crippen molar-refractivity contribution in [2.45, 2.75) is 51.3 Å². The standard InChI is InChI=1S/C11H24N2O2S/c1-4-5-6-7-13-11(14)10(3)16(15)8-9(2)12/h9-10H,4-8,12H2,1-3H3,(H,13,14). The molecule has 3 atom stereocenters. The molecule has 3 N–H and O–H groups in total. The first-order valence-corrected chi connectivity index (χ1v) is 7.27. The van der Waals surface area contributed by atoms with Crippen LogP contribution in [0.4, 0.5) is 0 Å². The van der Waals surface area contributed by atoms with Crippen molar-refractivity contribution in [2.75, 3.05) is 12.3 Å². The molecule has 0 saturated carbocycles. The molecule has 3 unspecified atom stereocenters. The predicted molar refractivity (Wildman–Crippen MR) is 68.7 cm³/mol. The Kier molecular flexibility index (Phi) is 8.47. The average molecular weight is 248 g/mol. The molecule has 0 aromatic rings. The molecule has 0 heterocycles. The highest BCUT2D eigenvalue weighted by Crippen LogP contribution is 1.99. The van der Waals surface area contributed by atoms with E-state index >= 15 is 0 Å². The van der Waals surface area contributed by atoms with Crippen LogP contribution in [0, 0.1) is 0 Å². The maximum absolute atomic E-state index is 11.7. The lowest BCUT2D eigenvalue weighted by Crippen LogP contribution is -2.39. The summed E-state index contributed by atoms with van der Waals surface area (Å²) in [6.07, 6.45) is 3.22. The van der Waals surface area contributed by atoms with Gasteiger partial charge in [0.05, 0.1) is 0 Å². The van der Waals surface area contributed by atoms with Crippen LogP contribution in [0.25, 0.3) is 0 Å². The molecule has 4 nitrogen and oxygen atoms in total. The number of carbonyl (C=O) groups excluding carboxylic acids is 1. The fourth-order valence-corrected chi connectivity index (χ4v) is 2.38. The van der Waals surface area contributed by atoms with Gasteiger partial charge in [-0.25, -0.2) is 0 Å². The third kappa shape index (κ3) is 6.95. The van der Waals surface area contributed by atoms with Gasteiger partial charge in [-0.1, -0.05) is 19.8 Å². The second-order valence-electron chi connectivity index (χ2n) is 4.17. The van der Waals surface area contributed by atoms with Crippen molar-refractivity contribution in [3.63, 3.8) is 0 Å².